The molecule has 1 heterocycles. The highest BCUT2D eigenvalue weighted by molar-refractivity contribution is 5.14. The van der Waals surface area contributed by atoms with Gasteiger partial charge in [-0.15, -0.1) is 0 Å². The van der Waals surface area contributed by atoms with Crippen LogP contribution in [0.3, 0.4) is 0 Å². The van der Waals surface area contributed by atoms with Crippen LogP contribution in [0, 0.1) is 0 Å². The second-order valence-electron chi connectivity index (χ2n) is 4.26. The smallest absolute Gasteiger partial charge is 0.0704 e. The van der Waals surface area contributed by atoms with Gasteiger partial charge in [0.2, 0.25) is 0 Å². The Kier molecular flexibility index (Phi) is 3.75. The van der Waals surface area contributed by atoms with Crippen LogP contribution in [-0.4, -0.2) is 18.8 Å². The van der Waals surface area contributed by atoms with Crippen LogP contribution in [-0.2, 0) is 11.3 Å². The molecule has 0 spiro atoms. The third kappa shape index (κ3) is 3.33. The minimum absolute atomic E-state index is 0.420. The van der Waals surface area contributed by atoms with Gasteiger partial charge in [0.15, 0.2) is 0 Å². The topological polar surface area (TPSA) is 21.3 Å². The highest BCUT2D eigenvalue weighted by Crippen LogP contribution is 2.18. The van der Waals surface area contributed by atoms with Crippen molar-refractivity contribution in [3.05, 3.63) is 35.9 Å². The largest absolute Gasteiger partial charge is 0.374 e. The summed E-state index contributed by atoms with van der Waals surface area (Å²) < 4.78 is 5.74. The maximum Gasteiger partial charge on any atom is 0.0704 e. The lowest BCUT2D eigenvalue weighted by Gasteiger charge is -2.12. The van der Waals surface area contributed by atoms with Crippen LogP contribution < -0.4 is 5.32 Å². The fraction of sp³-hybridized carbons (Fsp3) is 0.538. The average Bonchev–Trinajstić information content (AvgIpc) is 2.66. The third-order valence-corrected chi connectivity index (χ3v) is 2.86. The molecule has 1 aliphatic heterocycles. The molecule has 1 saturated heterocycles. The molecular formula is C13H19NO. The molecule has 1 aromatic rings. The van der Waals surface area contributed by atoms with E-state index in [1.807, 2.05) is 6.07 Å². The number of ether oxygens (including phenoxy) is 1. The quantitative estimate of drug-likeness (QED) is 0.814. The molecule has 0 radical (unpaired) electrons. The Balaban J connectivity index is 1.67. The maximum absolute atomic E-state index is 5.74. The highest BCUT2D eigenvalue weighted by Gasteiger charge is 2.20. The monoisotopic (exact) mass is 205 g/mol. The zero-order chi connectivity index (χ0) is 10.5. The Morgan fingerprint density at radius 1 is 1.27 bits per heavy atom. The first-order valence-corrected chi connectivity index (χ1v) is 5.74. The Morgan fingerprint density at radius 3 is 2.73 bits per heavy atom. The summed E-state index contributed by atoms with van der Waals surface area (Å²) in [4.78, 5) is 0. The number of hydrogen-bond acceptors (Lipinski definition) is 2. The van der Waals surface area contributed by atoms with E-state index < -0.39 is 0 Å². The van der Waals surface area contributed by atoms with Gasteiger partial charge in [-0.1, -0.05) is 30.3 Å². The van der Waals surface area contributed by atoms with Gasteiger partial charge in [0.25, 0.3) is 0 Å². The molecule has 1 aliphatic rings. The lowest BCUT2D eigenvalue weighted by atomic mass is 10.2. The van der Waals surface area contributed by atoms with Gasteiger partial charge in [0.05, 0.1) is 12.2 Å². The zero-order valence-electron chi connectivity index (χ0n) is 9.28. The molecule has 2 heteroatoms. The van der Waals surface area contributed by atoms with Crippen LogP contribution in [0.5, 0.6) is 0 Å². The zero-order valence-corrected chi connectivity index (χ0v) is 9.28. The second-order valence-corrected chi connectivity index (χ2v) is 4.26. The Hall–Kier alpha value is -0.860. The van der Waals surface area contributed by atoms with Gasteiger partial charge in [-0.3, -0.25) is 0 Å². The second kappa shape index (κ2) is 5.29. The number of nitrogens with one attached hydrogen (secondary N) is 1. The molecule has 0 amide bonds. The van der Waals surface area contributed by atoms with Gasteiger partial charge in [0.1, 0.15) is 0 Å². The van der Waals surface area contributed by atoms with Crippen LogP contribution in [0.25, 0.3) is 0 Å². The van der Waals surface area contributed by atoms with Crippen molar-refractivity contribution in [2.24, 2.45) is 0 Å². The van der Waals surface area contributed by atoms with E-state index in [1.54, 1.807) is 0 Å². The molecule has 0 aromatic heterocycles. The molecule has 2 unspecified atom stereocenters. The van der Waals surface area contributed by atoms with E-state index in [1.165, 1.54) is 18.4 Å². The van der Waals surface area contributed by atoms with E-state index in [0.717, 1.165) is 13.1 Å². The predicted octanol–water partition coefficient (Wildman–Crippen LogP) is 2.34. The van der Waals surface area contributed by atoms with Crippen molar-refractivity contribution in [1.29, 1.82) is 0 Å². The summed E-state index contributed by atoms with van der Waals surface area (Å²) in [5, 5.41) is 3.44. The van der Waals surface area contributed by atoms with Crippen LogP contribution in [0.15, 0.2) is 30.3 Å². The van der Waals surface area contributed by atoms with E-state index in [-0.39, 0.29) is 0 Å². The molecule has 2 nitrogen and oxygen atoms in total. The number of rotatable bonds is 4. The summed E-state index contributed by atoms with van der Waals surface area (Å²) in [7, 11) is 0. The van der Waals surface area contributed by atoms with E-state index >= 15 is 0 Å². The molecular weight excluding hydrogens is 186 g/mol. The van der Waals surface area contributed by atoms with Gasteiger partial charge < -0.3 is 10.1 Å². The molecule has 1 fully saturated rings. The molecule has 0 aliphatic carbocycles. The first kappa shape index (κ1) is 10.7. The molecule has 0 bridgehead atoms. The SMILES string of the molecule is CC1CCC(CNCc2ccccc2)O1. The molecule has 82 valence electrons. The van der Waals surface area contributed by atoms with Crippen LogP contribution in [0.2, 0.25) is 0 Å². The van der Waals surface area contributed by atoms with Gasteiger partial charge in [0, 0.05) is 13.1 Å². The minimum Gasteiger partial charge on any atom is -0.374 e. The van der Waals surface area contributed by atoms with Crippen LogP contribution in [0.4, 0.5) is 0 Å². The van der Waals surface area contributed by atoms with Gasteiger partial charge in [-0.25, -0.2) is 0 Å². The average molecular weight is 205 g/mol. The lowest BCUT2D eigenvalue weighted by Crippen LogP contribution is -2.26. The predicted molar refractivity (Wildman–Crippen MR) is 61.7 cm³/mol. The van der Waals surface area contributed by atoms with E-state index in [2.05, 4.69) is 36.5 Å². The van der Waals surface area contributed by atoms with Crippen molar-refractivity contribution in [1.82, 2.24) is 5.32 Å². The summed E-state index contributed by atoms with van der Waals surface area (Å²) in [5.74, 6) is 0. The maximum atomic E-state index is 5.74. The third-order valence-electron chi connectivity index (χ3n) is 2.86. The van der Waals surface area contributed by atoms with Crippen molar-refractivity contribution in [2.75, 3.05) is 6.54 Å². The molecule has 2 atom stereocenters. The molecule has 2 rings (SSSR count). The van der Waals surface area contributed by atoms with E-state index in [4.69, 9.17) is 4.74 Å². The summed E-state index contributed by atoms with van der Waals surface area (Å²) in [5.41, 5.74) is 1.34. The summed E-state index contributed by atoms with van der Waals surface area (Å²) in [6, 6.07) is 10.5. The molecule has 1 aromatic carbocycles. The molecule has 1 N–H and O–H groups in total. The summed E-state index contributed by atoms with van der Waals surface area (Å²) in [6.07, 6.45) is 3.28. The fourth-order valence-electron chi connectivity index (χ4n) is 2.01. The highest BCUT2D eigenvalue weighted by atomic mass is 16.5. The number of hydrogen-bond donors (Lipinski definition) is 1. The number of benzene rings is 1. The summed E-state index contributed by atoms with van der Waals surface area (Å²) in [6.45, 7) is 4.06. The Labute approximate surface area is 91.6 Å². The van der Waals surface area contributed by atoms with Crippen molar-refractivity contribution in [2.45, 2.75) is 38.5 Å². The fourth-order valence-corrected chi connectivity index (χ4v) is 2.01. The normalized spacial score (nSPS) is 25.7. The Morgan fingerprint density at radius 2 is 2.07 bits per heavy atom. The van der Waals surface area contributed by atoms with Crippen molar-refractivity contribution in [3.8, 4) is 0 Å². The molecule has 0 saturated carbocycles. The van der Waals surface area contributed by atoms with E-state index in [9.17, 15) is 0 Å². The van der Waals surface area contributed by atoms with Gasteiger partial charge in [-0.05, 0) is 25.3 Å². The van der Waals surface area contributed by atoms with Gasteiger partial charge >= 0.3 is 0 Å². The van der Waals surface area contributed by atoms with Crippen LogP contribution >= 0.6 is 0 Å². The Bertz CT molecular complexity index is 286. The van der Waals surface area contributed by atoms with E-state index in [0.29, 0.717) is 12.2 Å². The van der Waals surface area contributed by atoms with Crippen LogP contribution in [0.1, 0.15) is 25.3 Å². The minimum atomic E-state index is 0.420. The lowest BCUT2D eigenvalue weighted by molar-refractivity contribution is 0.0559. The standard InChI is InChI=1S/C13H19NO/c1-11-7-8-13(15-11)10-14-9-12-5-3-2-4-6-12/h2-6,11,13-14H,7-10H2,1H3. The first-order valence-electron chi connectivity index (χ1n) is 5.74. The first-order chi connectivity index (χ1) is 7.34. The molecule has 15 heavy (non-hydrogen) atoms. The summed E-state index contributed by atoms with van der Waals surface area (Å²) >= 11 is 0. The van der Waals surface area contributed by atoms with Crippen molar-refractivity contribution >= 4 is 0 Å². The van der Waals surface area contributed by atoms with Crippen molar-refractivity contribution in [3.63, 3.8) is 0 Å². The van der Waals surface area contributed by atoms with Gasteiger partial charge in [-0.2, -0.15) is 0 Å². The van der Waals surface area contributed by atoms with Crippen molar-refractivity contribution < 1.29 is 4.74 Å².